The first-order chi connectivity index (χ1) is 13.2. The molecule has 6 nitrogen and oxygen atoms in total. The molecule has 0 amide bonds. The molecule has 1 aromatic carbocycles. The Kier molecular flexibility index (Phi) is 8.94. The van der Waals surface area contributed by atoms with Gasteiger partial charge in [-0.25, -0.2) is 8.78 Å². The summed E-state index contributed by atoms with van der Waals surface area (Å²) in [7, 11) is 0. The molecule has 9 heteroatoms. The largest absolute Gasteiger partial charge is 0.366 e. The van der Waals surface area contributed by atoms with Gasteiger partial charge in [-0.2, -0.15) is 5.10 Å². The number of anilines is 1. The van der Waals surface area contributed by atoms with Crippen LogP contribution in [0, 0.1) is 11.6 Å². The van der Waals surface area contributed by atoms with Gasteiger partial charge >= 0.3 is 0 Å². The minimum absolute atomic E-state index is 0. The van der Waals surface area contributed by atoms with Crippen molar-refractivity contribution >= 4 is 35.6 Å². The maximum Gasteiger partial charge on any atom is 0.194 e. The Morgan fingerprint density at radius 2 is 2.00 bits per heavy atom. The van der Waals surface area contributed by atoms with E-state index in [-0.39, 0.29) is 29.8 Å². The molecular formula is C19H27F2IN6. The second-order valence-corrected chi connectivity index (χ2v) is 6.43. The van der Waals surface area contributed by atoms with Crippen molar-refractivity contribution in [2.45, 2.75) is 19.9 Å². The van der Waals surface area contributed by atoms with Gasteiger partial charge in [-0.15, -0.1) is 24.0 Å². The van der Waals surface area contributed by atoms with Crippen molar-refractivity contribution < 1.29 is 8.78 Å². The van der Waals surface area contributed by atoms with E-state index in [9.17, 15) is 8.78 Å². The first-order valence-electron chi connectivity index (χ1n) is 9.38. The summed E-state index contributed by atoms with van der Waals surface area (Å²) in [6.07, 6.45) is 4.62. The number of piperazine rings is 1. The van der Waals surface area contributed by atoms with Crippen LogP contribution in [0.2, 0.25) is 0 Å². The summed E-state index contributed by atoms with van der Waals surface area (Å²) < 4.78 is 29.3. The van der Waals surface area contributed by atoms with Crippen molar-refractivity contribution in [3.05, 3.63) is 48.3 Å². The number of aliphatic imine (C=N–C) groups is 1. The molecular weight excluding hydrogens is 477 g/mol. The number of nitrogens with zero attached hydrogens (tertiary/aromatic N) is 5. The minimum atomic E-state index is -0.416. The zero-order valence-electron chi connectivity index (χ0n) is 16.0. The van der Waals surface area contributed by atoms with Gasteiger partial charge in [-0.05, 0) is 31.5 Å². The lowest BCUT2D eigenvalue weighted by atomic mass is 10.2. The van der Waals surface area contributed by atoms with E-state index in [4.69, 9.17) is 4.99 Å². The first kappa shape index (κ1) is 22.4. The molecule has 0 spiro atoms. The molecule has 1 saturated heterocycles. The Morgan fingerprint density at radius 1 is 1.21 bits per heavy atom. The van der Waals surface area contributed by atoms with Gasteiger partial charge < -0.3 is 15.1 Å². The molecule has 0 saturated carbocycles. The zero-order valence-corrected chi connectivity index (χ0v) is 18.4. The Balaban J connectivity index is 0.00000280. The van der Waals surface area contributed by atoms with E-state index < -0.39 is 5.82 Å². The molecule has 3 rings (SSSR count). The molecule has 2 heterocycles. The van der Waals surface area contributed by atoms with Gasteiger partial charge in [-0.3, -0.25) is 9.67 Å². The average Bonchev–Trinajstić information content (AvgIpc) is 3.20. The number of benzene rings is 1. The fraction of sp³-hybridized carbons (Fsp3) is 0.474. The van der Waals surface area contributed by atoms with Gasteiger partial charge in [0.15, 0.2) is 5.96 Å². The van der Waals surface area contributed by atoms with Crippen molar-refractivity contribution in [1.82, 2.24) is 20.0 Å². The Bertz CT molecular complexity index is 745. The zero-order chi connectivity index (χ0) is 19.1. The highest BCUT2D eigenvalue weighted by atomic mass is 127. The van der Waals surface area contributed by atoms with Crippen LogP contribution in [-0.2, 0) is 6.54 Å². The molecule has 0 atom stereocenters. The van der Waals surface area contributed by atoms with Crippen LogP contribution in [0.15, 0.2) is 41.7 Å². The maximum atomic E-state index is 14.0. The fourth-order valence-electron chi connectivity index (χ4n) is 3.16. The van der Waals surface area contributed by atoms with Gasteiger partial charge in [0.25, 0.3) is 0 Å². The molecule has 1 aliphatic heterocycles. The maximum absolute atomic E-state index is 14.0. The lowest BCUT2D eigenvalue weighted by Crippen LogP contribution is -2.52. The monoisotopic (exact) mass is 504 g/mol. The quantitative estimate of drug-likeness (QED) is 0.285. The molecule has 28 heavy (non-hydrogen) atoms. The van der Waals surface area contributed by atoms with Crippen LogP contribution >= 0.6 is 24.0 Å². The number of hydrogen-bond donors (Lipinski definition) is 1. The minimum Gasteiger partial charge on any atom is -0.366 e. The number of guanidine groups is 1. The topological polar surface area (TPSA) is 48.7 Å². The molecule has 154 valence electrons. The molecule has 1 N–H and O–H groups in total. The number of hydrogen-bond acceptors (Lipinski definition) is 3. The summed E-state index contributed by atoms with van der Waals surface area (Å²) in [6, 6.07) is 5.50. The van der Waals surface area contributed by atoms with Crippen molar-refractivity contribution in [3.63, 3.8) is 0 Å². The number of rotatable bonds is 6. The van der Waals surface area contributed by atoms with E-state index in [0.717, 1.165) is 31.5 Å². The number of halogens is 3. The SMILES string of the molecule is CCNC(=NCCCn1cccn1)N1CCN(c2cc(F)ccc2F)CC1.I. The molecule has 0 bridgehead atoms. The Hall–Kier alpha value is -1.91. The van der Waals surface area contributed by atoms with Crippen molar-refractivity contribution in [1.29, 1.82) is 0 Å². The van der Waals surface area contributed by atoms with Gasteiger partial charge in [-0.1, -0.05) is 0 Å². The van der Waals surface area contributed by atoms with Crippen LogP contribution in [0.4, 0.5) is 14.5 Å². The molecule has 0 aliphatic carbocycles. The van der Waals surface area contributed by atoms with E-state index in [2.05, 4.69) is 15.3 Å². The summed E-state index contributed by atoms with van der Waals surface area (Å²) in [5.74, 6) is 0.0716. The van der Waals surface area contributed by atoms with Crippen LogP contribution in [-0.4, -0.2) is 59.9 Å². The average molecular weight is 504 g/mol. The van der Waals surface area contributed by atoms with Crippen LogP contribution < -0.4 is 10.2 Å². The van der Waals surface area contributed by atoms with Gasteiger partial charge in [0.2, 0.25) is 0 Å². The van der Waals surface area contributed by atoms with E-state index >= 15 is 0 Å². The van der Waals surface area contributed by atoms with Crippen LogP contribution in [0.1, 0.15) is 13.3 Å². The van der Waals surface area contributed by atoms with E-state index in [0.29, 0.717) is 38.4 Å². The Labute approximate surface area is 181 Å². The molecule has 0 radical (unpaired) electrons. The van der Waals surface area contributed by atoms with Gasteiger partial charge in [0, 0.05) is 64.3 Å². The lowest BCUT2D eigenvalue weighted by molar-refractivity contribution is 0.370. The lowest BCUT2D eigenvalue weighted by Gasteiger charge is -2.37. The first-order valence-corrected chi connectivity index (χ1v) is 9.38. The van der Waals surface area contributed by atoms with Crippen LogP contribution in [0.5, 0.6) is 0 Å². The molecule has 1 aromatic heterocycles. The highest BCUT2D eigenvalue weighted by molar-refractivity contribution is 14.0. The highest BCUT2D eigenvalue weighted by Crippen LogP contribution is 2.21. The number of aryl methyl sites for hydroxylation is 1. The molecule has 2 aromatic rings. The second kappa shape index (κ2) is 11.2. The smallest absolute Gasteiger partial charge is 0.194 e. The summed E-state index contributed by atoms with van der Waals surface area (Å²) in [5, 5.41) is 7.51. The predicted octanol–water partition coefficient (Wildman–Crippen LogP) is 2.96. The van der Waals surface area contributed by atoms with E-state index in [1.54, 1.807) is 6.20 Å². The fourth-order valence-corrected chi connectivity index (χ4v) is 3.16. The molecule has 0 unspecified atom stereocenters. The van der Waals surface area contributed by atoms with Crippen LogP contribution in [0.25, 0.3) is 0 Å². The normalized spacial score (nSPS) is 14.8. The van der Waals surface area contributed by atoms with E-state index in [1.807, 2.05) is 28.8 Å². The third-order valence-electron chi connectivity index (χ3n) is 4.53. The Morgan fingerprint density at radius 3 is 2.68 bits per heavy atom. The van der Waals surface area contributed by atoms with Gasteiger partial charge in [0.1, 0.15) is 11.6 Å². The van der Waals surface area contributed by atoms with Crippen LogP contribution in [0.3, 0.4) is 0 Å². The highest BCUT2D eigenvalue weighted by Gasteiger charge is 2.21. The third kappa shape index (κ3) is 6.05. The summed E-state index contributed by atoms with van der Waals surface area (Å²) in [4.78, 5) is 8.76. The summed E-state index contributed by atoms with van der Waals surface area (Å²) in [5.41, 5.74) is 0.329. The summed E-state index contributed by atoms with van der Waals surface area (Å²) >= 11 is 0. The second-order valence-electron chi connectivity index (χ2n) is 6.43. The standard InChI is InChI=1S/C19H26F2N6.HI/c1-2-22-19(23-7-3-9-27-10-4-8-24-27)26-13-11-25(12-14-26)18-15-16(20)5-6-17(18)21;/h4-6,8,10,15H,2-3,7,9,11-14H2,1H3,(H,22,23);1H. The molecule has 1 aliphatic rings. The predicted molar refractivity (Wildman–Crippen MR) is 118 cm³/mol. The third-order valence-corrected chi connectivity index (χ3v) is 4.53. The summed E-state index contributed by atoms with van der Waals surface area (Å²) in [6.45, 7) is 7.04. The number of nitrogens with one attached hydrogen (secondary N) is 1. The van der Waals surface area contributed by atoms with Crippen molar-refractivity contribution in [2.75, 3.05) is 44.2 Å². The van der Waals surface area contributed by atoms with E-state index in [1.165, 1.54) is 12.1 Å². The van der Waals surface area contributed by atoms with Crippen molar-refractivity contribution in [2.24, 2.45) is 4.99 Å². The van der Waals surface area contributed by atoms with Crippen molar-refractivity contribution in [3.8, 4) is 0 Å². The number of aromatic nitrogens is 2. The molecule has 1 fully saturated rings. The van der Waals surface area contributed by atoms with Gasteiger partial charge in [0.05, 0.1) is 5.69 Å².